The molecule has 0 amide bonds. The van der Waals surface area contributed by atoms with E-state index in [1.165, 1.54) is 11.1 Å². The van der Waals surface area contributed by atoms with E-state index in [0.29, 0.717) is 0 Å². The molecule has 2 aromatic heterocycles. The molecule has 2 aromatic rings. The van der Waals surface area contributed by atoms with Gasteiger partial charge >= 0.3 is 0 Å². The maximum absolute atomic E-state index is 5.42. The van der Waals surface area contributed by atoms with Gasteiger partial charge in [0.1, 0.15) is 5.76 Å². The highest BCUT2D eigenvalue weighted by Crippen LogP contribution is 2.21. The summed E-state index contributed by atoms with van der Waals surface area (Å²) >= 11 is 0. The summed E-state index contributed by atoms with van der Waals surface area (Å²) in [7, 11) is 0. The minimum atomic E-state index is 0.286. The lowest BCUT2D eigenvalue weighted by Gasteiger charge is -2.19. The Morgan fingerprint density at radius 3 is 2.94 bits per heavy atom. The van der Waals surface area contributed by atoms with E-state index in [-0.39, 0.29) is 6.04 Å². The summed E-state index contributed by atoms with van der Waals surface area (Å²) in [5, 5.41) is 3.49. The van der Waals surface area contributed by atoms with Crippen LogP contribution in [0.3, 0.4) is 0 Å². The maximum Gasteiger partial charge on any atom is 0.105 e. The van der Waals surface area contributed by atoms with Gasteiger partial charge in [-0.15, -0.1) is 0 Å². The SMILES string of the molecule is CCNC(Cc1ccco1)c1ccncc1C. The number of hydrogen-bond donors (Lipinski definition) is 1. The lowest BCUT2D eigenvalue weighted by molar-refractivity contribution is 0.454. The zero-order valence-corrected chi connectivity index (χ0v) is 10.3. The fourth-order valence-corrected chi connectivity index (χ4v) is 2.04. The minimum absolute atomic E-state index is 0.286. The molecule has 0 fully saturated rings. The van der Waals surface area contributed by atoms with E-state index in [0.717, 1.165) is 18.7 Å². The first kappa shape index (κ1) is 11.9. The van der Waals surface area contributed by atoms with E-state index in [1.807, 2.05) is 24.5 Å². The Labute approximate surface area is 102 Å². The Hall–Kier alpha value is -1.61. The number of rotatable bonds is 5. The van der Waals surface area contributed by atoms with Crippen LogP contribution in [0.15, 0.2) is 41.3 Å². The topological polar surface area (TPSA) is 38.1 Å². The smallest absolute Gasteiger partial charge is 0.105 e. The molecule has 2 heterocycles. The van der Waals surface area contributed by atoms with Gasteiger partial charge in [-0.25, -0.2) is 0 Å². The summed E-state index contributed by atoms with van der Waals surface area (Å²) in [5.41, 5.74) is 2.50. The van der Waals surface area contributed by atoms with Crippen molar-refractivity contribution in [1.29, 1.82) is 0 Å². The van der Waals surface area contributed by atoms with Gasteiger partial charge < -0.3 is 9.73 Å². The van der Waals surface area contributed by atoms with E-state index in [9.17, 15) is 0 Å². The van der Waals surface area contributed by atoms with Crippen molar-refractivity contribution in [3.63, 3.8) is 0 Å². The average Bonchev–Trinajstić information content (AvgIpc) is 2.82. The average molecular weight is 230 g/mol. The predicted octanol–water partition coefficient (Wildman–Crippen LogP) is 2.88. The van der Waals surface area contributed by atoms with Crippen LogP contribution in [0.2, 0.25) is 0 Å². The number of likely N-dealkylation sites (N-methyl/N-ethyl adjacent to an activating group) is 1. The van der Waals surface area contributed by atoms with E-state index in [4.69, 9.17) is 4.42 Å². The molecule has 0 aliphatic carbocycles. The van der Waals surface area contributed by atoms with Crippen molar-refractivity contribution in [3.05, 3.63) is 53.7 Å². The third-order valence-corrected chi connectivity index (χ3v) is 2.88. The molecule has 17 heavy (non-hydrogen) atoms. The van der Waals surface area contributed by atoms with Gasteiger partial charge in [-0.05, 0) is 42.8 Å². The number of aryl methyl sites for hydroxylation is 1. The van der Waals surface area contributed by atoms with E-state index in [1.54, 1.807) is 6.26 Å². The van der Waals surface area contributed by atoms with Gasteiger partial charge in [0.15, 0.2) is 0 Å². The third kappa shape index (κ3) is 2.94. The van der Waals surface area contributed by atoms with Gasteiger partial charge in [0, 0.05) is 24.9 Å². The molecule has 0 bridgehead atoms. The number of nitrogens with one attached hydrogen (secondary N) is 1. The molecule has 2 rings (SSSR count). The molecule has 0 radical (unpaired) electrons. The lowest BCUT2D eigenvalue weighted by atomic mass is 9.99. The number of nitrogens with zero attached hydrogens (tertiary/aromatic N) is 1. The third-order valence-electron chi connectivity index (χ3n) is 2.88. The van der Waals surface area contributed by atoms with Crippen LogP contribution < -0.4 is 5.32 Å². The molecule has 1 N–H and O–H groups in total. The summed E-state index contributed by atoms with van der Waals surface area (Å²) in [6.07, 6.45) is 6.33. The summed E-state index contributed by atoms with van der Waals surface area (Å²) in [6, 6.07) is 6.30. The second-order valence-electron chi connectivity index (χ2n) is 4.13. The van der Waals surface area contributed by atoms with Gasteiger partial charge in [-0.1, -0.05) is 6.92 Å². The molecule has 0 saturated carbocycles. The molecule has 1 unspecified atom stereocenters. The highest BCUT2D eigenvalue weighted by atomic mass is 16.3. The molecule has 0 spiro atoms. The Balaban J connectivity index is 2.20. The van der Waals surface area contributed by atoms with Crippen molar-refractivity contribution in [1.82, 2.24) is 10.3 Å². The van der Waals surface area contributed by atoms with Gasteiger partial charge in [0.2, 0.25) is 0 Å². The molecule has 0 saturated heterocycles. The minimum Gasteiger partial charge on any atom is -0.469 e. The van der Waals surface area contributed by atoms with Crippen LogP contribution in [-0.4, -0.2) is 11.5 Å². The van der Waals surface area contributed by atoms with Crippen LogP contribution in [-0.2, 0) is 6.42 Å². The number of hydrogen-bond acceptors (Lipinski definition) is 3. The zero-order valence-electron chi connectivity index (χ0n) is 10.3. The first-order valence-electron chi connectivity index (χ1n) is 5.97. The van der Waals surface area contributed by atoms with Crippen molar-refractivity contribution < 1.29 is 4.42 Å². The van der Waals surface area contributed by atoms with Crippen LogP contribution in [0, 0.1) is 6.92 Å². The molecular weight excluding hydrogens is 212 g/mol. The van der Waals surface area contributed by atoms with Crippen LogP contribution in [0.5, 0.6) is 0 Å². The molecule has 3 nitrogen and oxygen atoms in total. The highest BCUT2D eigenvalue weighted by Gasteiger charge is 2.14. The van der Waals surface area contributed by atoms with Gasteiger partial charge in [0.05, 0.1) is 6.26 Å². The summed E-state index contributed by atoms with van der Waals surface area (Å²) < 4.78 is 5.42. The van der Waals surface area contributed by atoms with Crippen LogP contribution >= 0.6 is 0 Å². The van der Waals surface area contributed by atoms with Crippen LogP contribution in [0.1, 0.15) is 29.9 Å². The normalized spacial score (nSPS) is 12.6. The van der Waals surface area contributed by atoms with E-state index in [2.05, 4.69) is 30.2 Å². The molecule has 90 valence electrons. The van der Waals surface area contributed by atoms with E-state index >= 15 is 0 Å². The second kappa shape index (κ2) is 5.64. The second-order valence-corrected chi connectivity index (χ2v) is 4.13. The first-order chi connectivity index (χ1) is 8.31. The highest BCUT2D eigenvalue weighted by molar-refractivity contribution is 5.26. The first-order valence-corrected chi connectivity index (χ1v) is 5.97. The van der Waals surface area contributed by atoms with Gasteiger partial charge in [-0.3, -0.25) is 4.98 Å². The summed E-state index contributed by atoms with van der Waals surface area (Å²) in [4.78, 5) is 4.13. The summed E-state index contributed by atoms with van der Waals surface area (Å²) in [6.45, 7) is 5.15. The molecule has 1 atom stereocenters. The molecule has 0 aliphatic rings. The number of aromatic nitrogens is 1. The van der Waals surface area contributed by atoms with Gasteiger partial charge in [0.25, 0.3) is 0 Å². The Bertz CT molecular complexity index is 451. The van der Waals surface area contributed by atoms with Gasteiger partial charge in [-0.2, -0.15) is 0 Å². The van der Waals surface area contributed by atoms with Crippen molar-refractivity contribution in [2.24, 2.45) is 0 Å². The quantitative estimate of drug-likeness (QED) is 0.858. The monoisotopic (exact) mass is 230 g/mol. The molecule has 3 heteroatoms. The fourth-order valence-electron chi connectivity index (χ4n) is 2.04. The van der Waals surface area contributed by atoms with Crippen molar-refractivity contribution in [3.8, 4) is 0 Å². The van der Waals surface area contributed by atoms with Crippen LogP contribution in [0.25, 0.3) is 0 Å². The zero-order chi connectivity index (χ0) is 12.1. The van der Waals surface area contributed by atoms with Crippen molar-refractivity contribution in [2.75, 3.05) is 6.54 Å². The van der Waals surface area contributed by atoms with Crippen molar-refractivity contribution >= 4 is 0 Å². The number of furan rings is 1. The Morgan fingerprint density at radius 2 is 2.29 bits per heavy atom. The summed E-state index contributed by atoms with van der Waals surface area (Å²) in [5.74, 6) is 1.01. The van der Waals surface area contributed by atoms with Crippen molar-refractivity contribution in [2.45, 2.75) is 26.3 Å². The number of pyridine rings is 1. The fraction of sp³-hybridized carbons (Fsp3) is 0.357. The largest absolute Gasteiger partial charge is 0.469 e. The Kier molecular flexibility index (Phi) is 3.94. The lowest BCUT2D eigenvalue weighted by Crippen LogP contribution is -2.23. The standard InChI is InChI=1S/C14H18N2O/c1-3-16-14(9-12-5-4-8-17-12)13-6-7-15-10-11(13)2/h4-8,10,14,16H,3,9H2,1-2H3. The van der Waals surface area contributed by atoms with Crippen LogP contribution in [0.4, 0.5) is 0 Å². The molecule has 0 aliphatic heterocycles. The predicted molar refractivity (Wildman–Crippen MR) is 67.8 cm³/mol. The molecular formula is C14H18N2O. The maximum atomic E-state index is 5.42. The Morgan fingerprint density at radius 1 is 1.41 bits per heavy atom. The molecule has 0 aromatic carbocycles. The van der Waals surface area contributed by atoms with E-state index < -0.39 is 0 Å².